The fraction of sp³-hybridized carbons (Fsp3) is 0.875. The Bertz CT molecular complexity index is 175. The summed E-state index contributed by atoms with van der Waals surface area (Å²) in [7, 11) is 0. The zero-order valence-corrected chi connectivity index (χ0v) is 7.05. The molecule has 0 amide bonds. The maximum absolute atomic E-state index is 12.5. The second-order valence-electron chi connectivity index (χ2n) is 3.16. The zero-order chi connectivity index (χ0) is 9.19. The average Bonchev–Trinajstić information content (AvgIpc) is 1.98. The highest BCUT2D eigenvalue weighted by molar-refractivity contribution is 5.78. The third-order valence-corrected chi connectivity index (χ3v) is 2.24. The molecule has 1 fully saturated rings. The third-order valence-electron chi connectivity index (χ3n) is 2.24. The summed E-state index contributed by atoms with van der Waals surface area (Å²) >= 11 is 0. The lowest BCUT2D eigenvalue weighted by atomic mass is 9.68. The Morgan fingerprint density at radius 3 is 2.67 bits per heavy atom. The van der Waals surface area contributed by atoms with Crippen LogP contribution in [0.5, 0.6) is 0 Å². The lowest BCUT2D eigenvalue weighted by Crippen LogP contribution is -2.48. The number of ether oxygens (including phenoxy) is 1. The van der Waals surface area contributed by atoms with Crippen LogP contribution in [0.4, 0.5) is 4.39 Å². The van der Waals surface area contributed by atoms with E-state index < -0.39 is 17.6 Å². The molecule has 0 spiro atoms. The number of aliphatic hydroxyl groups is 1. The Morgan fingerprint density at radius 1 is 1.75 bits per heavy atom. The van der Waals surface area contributed by atoms with Gasteiger partial charge >= 0.3 is 5.97 Å². The number of hydrogen-bond acceptors (Lipinski definition) is 3. The zero-order valence-electron chi connectivity index (χ0n) is 7.05. The SMILES string of the molecule is CCOC(=O)C1(CO)CC(F)C1. The summed E-state index contributed by atoms with van der Waals surface area (Å²) in [5.41, 5.74) is -0.935. The van der Waals surface area contributed by atoms with Crippen molar-refractivity contribution < 1.29 is 19.0 Å². The predicted molar refractivity (Wildman–Crippen MR) is 40.3 cm³/mol. The molecule has 0 bridgehead atoms. The number of carbonyl (C=O) groups excluding carboxylic acids is 1. The van der Waals surface area contributed by atoms with Gasteiger partial charge in [-0.3, -0.25) is 4.79 Å². The Balaban J connectivity index is 2.51. The van der Waals surface area contributed by atoms with Crippen LogP contribution in [0.3, 0.4) is 0 Å². The molecule has 1 rings (SSSR count). The van der Waals surface area contributed by atoms with E-state index >= 15 is 0 Å². The van der Waals surface area contributed by atoms with Crippen molar-refractivity contribution in [2.75, 3.05) is 13.2 Å². The minimum atomic E-state index is -0.957. The predicted octanol–water partition coefficient (Wildman–Crippen LogP) is 0.660. The standard InChI is InChI=1S/C8H13FO3/c1-2-12-7(11)8(5-10)3-6(9)4-8/h6,10H,2-5H2,1H3. The van der Waals surface area contributed by atoms with Crippen molar-refractivity contribution in [3.05, 3.63) is 0 Å². The van der Waals surface area contributed by atoms with Crippen molar-refractivity contribution in [2.45, 2.75) is 25.9 Å². The molecular formula is C8H13FO3. The summed E-state index contributed by atoms with van der Waals surface area (Å²) < 4.78 is 17.2. The quantitative estimate of drug-likeness (QED) is 0.642. The van der Waals surface area contributed by atoms with Crippen molar-refractivity contribution in [1.29, 1.82) is 0 Å². The number of aliphatic hydroxyl groups excluding tert-OH is 1. The molecule has 0 atom stereocenters. The van der Waals surface area contributed by atoms with Crippen molar-refractivity contribution in [3.63, 3.8) is 0 Å². The van der Waals surface area contributed by atoms with Crippen molar-refractivity contribution in [3.8, 4) is 0 Å². The Labute approximate surface area is 70.5 Å². The summed E-state index contributed by atoms with van der Waals surface area (Å²) in [6, 6.07) is 0. The van der Waals surface area contributed by atoms with Crippen molar-refractivity contribution in [2.24, 2.45) is 5.41 Å². The van der Waals surface area contributed by atoms with Gasteiger partial charge in [-0.15, -0.1) is 0 Å². The molecule has 0 saturated heterocycles. The van der Waals surface area contributed by atoms with Gasteiger partial charge in [0.1, 0.15) is 6.17 Å². The van der Waals surface area contributed by atoms with Gasteiger partial charge in [-0.25, -0.2) is 4.39 Å². The van der Waals surface area contributed by atoms with Crippen LogP contribution in [0.15, 0.2) is 0 Å². The van der Waals surface area contributed by atoms with E-state index in [1.807, 2.05) is 0 Å². The topological polar surface area (TPSA) is 46.5 Å². The molecule has 1 aliphatic carbocycles. The number of rotatable bonds is 3. The largest absolute Gasteiger partial charge is 0.465 e. The maximum atomic E-state index is 12.5. The summed E-state index contributed by atoms with van der Waals surface area (Å²) in [4.78, 5) is 11.2. The van der Waals surface area contributed by atoms with Gasteiger partial charge < -0.3 is 9.84 Å². The second-order valence-corrected chi connectivity index (χ2v) is 3.16. The minimum absolute atomic E-state index is 0.0995. The number of carbonyl (C=O) groups is 1. The van der Waals surface area contributed by atoms with Gasteiger partial charge in [0, 0.05) is 0 Å². The van der Waals surface area contributed by atoms with Gasteiger partial charge in [-0.05, 0) is 19.8 Å². The van der Waals surface area contributed by atoms with E-state index in [9.17, 15) is 9.18 Å². The average molecular weight is 176 g/mol. The summed E-state index contributed by atoms with van der Waals surface area (Å²) in [6.45, 7) is 1.65. The van der Waals surface area contributed by atoms with Crippen LogP contribution in [0.1, 0.15) is 19.8 Å². The van der Waals surface area contributed by atoms with Crippen LogP contribution in [0.2, 0.25) is 0 Å². The van der Waals surface area contributed by atoms with E-state index in [1.54, 1.807) is 6.92 Å². The highest BCUT2D eigenvalue weighted by Crippen LogP contribution is 2.43. The van der Waals surface area contributed by atoms with Gasteiger partial charge in [-0.1, -0.05) is 0 Å². The van der Waals surface area contributed by atoms with Crippen LogP contribution in [0, 0.1) is 5.41 Å². The molecule has 0 aliphatic heterocycles. The number of esters is 1. The van der Waals surface area contributed by atoms with E-state index in [4.69, 9.17) is 9.84 Å². The first kappa shape index (κ1) is 9.45. The Hall–Kier alpha value is -0.640. The normalized spacial score (nSPS) is 34.1. The molecule has 70 valence electrons. The molecule has 0 aromatic rings. The van der Waals surface area contributed by atoms with E-state index in [-0.39, 0.29) is 26.1 Å². The molecule has 0 unspecified atom stereocenters. The minimum Gasteiger partial charge on any atom is -0.465 e. The molecule has 1 aliphatic rings. The van der Waals surface area contributed by atoms with Crippen LogP contribution < -0.4 is 0 Å². The molecule has 0 aromatic carbocycles. The van der Waals surface area contributed by atoms with Crippen LogP contribution in [-0.4, -0.2) is 30.5 Å². The Kier molecular flexibility index (Phi) is 2.67. The molecule has 4 heteroatoms. The van der Waals surface area contributed by atoms with E-state index in [0.29, 0.717) is 0 Å². The summed E-state index contributed by atoms with van der Waals surface area (Å²) in [6.07, 6.45) is -0.758. The second kappa shape index (κ2) is 3.39. The first-order valence-corrected chi connectivity index (χ1v) is 4.07. The highest BCUT2D eigenvalue weighted by Gasteiger charge is 2.51. The fourth-order valence-corrected chi connectivity index (χ4v) is 1.43. The van der Waals surface area contributed by atoms with Gasteiger partial charge in [0.2, 0.25) is 0 Å². The van der Waals surface area contributed by atoms with E-state index in [0.717, 1.165) is 0 Å². The first-order valence-electron chi connectivity index (χ1n) is 4.07. The lowest BCUT2D eigenvalue weighted by Gasteiger charge is -2.39. The van der Waals surface area contributed by atoms with E-state index in [1.165, 1.54) is 0 Å². The molecule has 12 heavy (non-hydrogen) atoms. The monoisotopic (exact) mass is 176 g/mol. The van der Waals surface area contributed by atoms with Crippen molar-refractivity contribution in [1.82, 2.24) is 0 Å². The van der Waals surface area contributed by atoms with E-state index in [2.05, 4.69) is 0 Å². The molecule has 0 radical (unpaired) electrons. The van der Waals surface area contributed by atoms with Crippen molar-refractivity contribution >= 4 is 5.97 Å². The first-order chi connectivity index (χ1) is 5.64. The van der Waals surface area contributed by atoms with Gasteiger partial charge in [-0.2, -0.15) is 0 Å². The molecule has 3 nitrogen and oxygen atoms in total. The van der Waals surface area contributed by atoms with Gasteiger partial charge in [0.15, 0.2) is 0 Å². The number of alkyl halides is 1. The fourth-order valence-electron chi connectivity index (χ4n) is 1.43. The number of halogens is 1. The van der Waals surface area contributed by atoms with Gasteiger partial charge in [0.25, 0.3) is 0 Å². The molecule has 1 N–H and O–H groups in total. The summed E-state index contributed by atoms with van der Waals surface area (Å²) in [5, 5.41) is 8.88. The smallest absolute Gasteiger partial charge is 0.314 e. The lowest BCUT2D eigenvalue weighted by molar-refractivity contribution is -0.170. The van der Waals surface area contributed by atoms with Crippen LogP contribution >= 0.6 is 0 Å². The third kappa shape index (κ3) is 1.43. The maximum Gasteiger partial charge on any atom is 0.314 e. The number of hydrogen-bond donors (Lipinski definition) is 1. The van der Waals surface area contributed by atoms with Crippen LogP contribution in [0.25, 0.3) is 0 Å². The molecule has 0 heterocycles. The highest BCUT2D eigenvalue weighted by atomic mass is 19.1. The molecular weight excluding hydrogens is 163 g/mol. The van der Waals surface area contributed by atoms with Crippen LogP contribution in [-0.2, 0) is 9.53 Å². The molecule has 1 saturated carbocycles. The molecule has 0 aromatic heterocycles. The Morgan fingerprint density at radius 2 is 2.33 bits per heavy atom. The van der Waals surface area contributed by atoms with Gasteiger partial charge in [0.05, 0.1) is 18.6 Å². The summed E-state index contributed by atoms with van der Waals surface area (Å²) in [5.74, 6) is -0.471.